The third kappa shape index (κ3) is 5.37. The van der Waals surface area contributed by atoms with Crippen molar-refractivity contribution in [1.29, 1.82) is 0 Å². The molecule has 0 aromatic heterocycles. The van der Waals surface area contributed by atoms with Crippen LogP contribution in [0.15, 0.2) is 89.4 Å². The number of nitrogens with zero attached hydrogens (tertiary/aromatic N) is 1. The van der Waals surface area contributed by atoms with Crippen molar-refractivity contribution in [2.24, 2.45) is 17.8 Å². The Morgan fingerprint density at radius 1 is 0.875 bits per heavy atom. The molecule has 5 rings (SSSR count). The van der Waals surface area contributed by atoms with Crippen LogP contribution in [0.5, 0.6) is 5.75 Å². The van der Waals surface area contributed by atoms with Gasteiger partial charge < -0.3 is 9.47 Å². The first-order valence-corrected chi connectivity index (χ1v) is 13.5. The van der Waals surface area contributed by atoms with Gasteiger partial charge in [-0.2, -0.15) is 0 Å². The number of rotatable bonds is 7. The monoisotopic (exact) mass is 601 g/mol. The maximum absolute atomic E-state index is 13.2. The van der Waals surface area contributed by atoms with Gasteiger partial charge >= 0.3 is 11.9 Å². The van der Waals surface area contributed by atoms with Crippen LogP contribution in [0.2, 0.25) is 0 Å². The highest BCUT2D eigenvalue weighted by atomic mass is 79.9. The van der Waals surface area contributed by atoms with Gasteiger partial charge in [0, 0.05) is 10.0 Å². The van der Waals surface area contributed by atoms with E-state index in [4.69, 9.17) is 9.47 Å². The minimum Gasteiger partial charge on any atom is -0.454 e. The van der Waals surface area contributed by atoms with E-state index in [0.717, 1.165) is 9.37 Å². The summed E-state index contributed by atoms with van der Waals surface area (Å²) in [5.74, 6) is -3.31. The van der Waals surface area contributed by atoms with Gasteiger partial charge in [0.15, 0.2) is 12.4 Å². The highest BCUT2D eigenvalue weighted by Crippen LogP contribution is 2.41. The smallest absolute Gasteiger partial charge is 0.343 e. The molecule has 1 aliphatic heterocycles. The van der Waals surface area contributed by atoms with Crippen molar-refractivity contribution >= 4 is 51.2 Å². The molecule has 3 atom stereocenters. The van der Waals surface area contributed by atoms with Crippen LogP contribution >= 0.6 is 15.9 Å². The summed E-state index contributed by atoms with van der Waals surface area (Å²) >= 11 is 3.31. The number of ketones is 1. The maximum atomic E-state index is 13.2. The van der Waals surface area contributed by atoms with E-state index in [9.17, 15) is 24.0 Å². The lowest BCUT2D eigenvalue weighted by molar-refractivity contribution is -0.122. The molecule has 9 heteroatoms. The zero-order valence-electron chi connectivity index (χ0n) is 21.4. The van der Waals surface area contributed by atoms with E-state index in [1.165, 1.54) is 36.4 Å². The summed E-state index contributed by atoms with van der Waals surface area (Å²) in [6.45, 7) is 1.34. The number of Topliss-reactive ketones (excluding diaryl/α,β-unsaturated/α-hetero) is 1. The molecule has 40 heavy (non-hydrogen) atoms. The number of esters is 2. The van der Waals surface area contributed by atoms with E-state index >= 15 is 0 Å². The number of halogens is 1. The summed E-state index contributed by atoms with van der Waals surface area (Å²) in [6, 6.07) is 18.8. The van der Waals surface area contributed by atoms with Crippen LogP contribution < -0.4 is 9.64 Å². The Labute approximate surface area is 238 Å². The number of imide groups is 1. The van der Waals surface area contributed by atoms with Gasteiger partial charge in [0.2, 0.25) is 11.8 Å². The molecule has 1 saturated heterocycles. The maximum Gasteiger partial charge on any atom is 0.343 e. The lowest BCUT2D eigenvalue weighted by Crippen LogP contribution is -2.33. The fourth-order valence-corrected chi connectivity index (χ4v) is 5.24. The van der Waals surface area contributed by atoms with Gasteiger partial charge in [-0.3, -0.25) is 14.4 Å². The molecule has 1 aliphatic carbocycles. The fourth-order valence-electron chi connectivity index (χ4n) is 4.98. The number of ether oxygens (including phenoxy) is 2. The van der Waals surface area contributed by atoms with E-state index in [2.05, 4.69) is 15.9 Å². The second-order valence-corrected chi connectivity index (χ2v) is 10.5. The molecule has 0 saturated carbocycles. The van der Waals surface area contributed by atoms with E-state index in [1.807, 2.05) is 19.1 Å². The van der Waals surface area contributed by atoms with E-state index < -0.39 is 36.2 Å². The molecule has 0 spiro atoms. The third-order valence-corrected chi connectivity index (χ3v) is 7.57. The van der Waals surface area contributed by atoms with Crippen LogP contribution in [0.25, 0.3) is 0 Å². The van der Waals surface area contributed by atoms with Crippen molar-refractivity contribution in [3.05, 3.63) is 106 Å². The van der Waals surface area contributed by atoms with Crippen molar-refractivity contribution in [3.63, 3.8) is 0 Å². The van der Waals surface area contributed by atoms with Crippen molar-refractivity contribution in [2.75, 3.05) is 11.5 Å². The lowest BCUT2D eigenvalue weighted by atomic mass is 9.78. The Balaban J connectivity index is 1.23. The summed E-state index contributed by atoms with van der Waals surface area (Å²) in [5.41, 5.74) is 0.790. The summed E-state index contributed by atoms with van der Waals surface area (Å²) in [5, 5.41) is 0. The van der Waals surface area contributed by atoms with E-state index in [-0.39, 0.29) is 40.3 Å². The standard InChI is InChI=1S/C31H24BrNO7/c1-18-5-4-7-24-27(18)29(36)33(28(24)35)25-8-3-2-6-23(25)31(38)39-17-26(34)19-11-15-22(16-12-19)40-30(37)20-9-13-21(32)14-10-20/h2-6,8-16,18,24,27H,7,17H2,1H3. The highest BCUT2D eigenvalue weighted by Gasteiger charge is 2.51. The predicted octanol–water partition coefficient (Wildman–Crippen LogP) is 5.41. The number of para-hydroxylation sites is 1. The van der Waals surface area contributed by atoms with Crippen molar-refractivity contribution in [1.82, 2.24) is 0 Å². The molecule has 3 aromatic carbocycles. The molecule has 8 nitrogen and oxygen atoms in total. The number of allylic oxidation sites excluding steroid dienone is 2. The van der Waals surface area contributed by atoms with Gasteiger partial charge in [-0.25, -0.2) is 14.5 Å². The van der Waals surface area contributed by atoms with Crippen LogP contribution in [-0.4, -0.2) is 36.1 Å². The molecule has 0 bridgehead atoms. The van der Waals surface area contributed by atoms with E-state index in [0.29, 0.717) is 12.0 Å². The molecule has 1 fully saturated rings. The summed E-state index contributed by atoms with van der Waals surface area (Å²) in [6.07, 6.45) is 4.31. The first-order chi connectivity index (χ1) is 19.2. The summed E-state index contributed by atoms with van der Waals surface area (Å²) < 4.78 is 11.4. The van der Waals surface area contributed by atoms with Crippen molar-refractivity contribution < 1.29 is 33.4 Å². The van der Waals surface area contributed by atoms with Gasteiger partial charge in [-0.05, 0) is 73.0 Å². The number of fused-ring (bicyclic) bond motifs is 1. The first kappa shape index (κ1) is 27.2. The van der Waals surface area contributed by atoms with Crippen LogP contribution in [0.3, 0.4) is 0 Å². The number of carbonyl (C=O) groups excluding carboxylic acids is 5. The van der Waals surface area contributed by atoms with Gasteiger partial charge in [-0.1, -0.05) is 47.1 Å². The summed E-state index contributed by atoms with van der Waals surface area (Å²) in [4.78, 5) is 65.4. The molecule has 3 aromatic rings. The molecule has 0 radical (unpaired) electrons. The largest absolute Gasteiger partial charge is 0.454 e. The minimum absolute atomic E-state index is 0.0199. The Hall–Kier alpha value is -4.37. The quantitative estimate of drug-likeness (QED) is 0.117. The number of anilines is 1. The number of carbonyl (C=O) groups is 5. The zero-order chi connectivity index (χ0) is 28.4. The molecular formula is C31H24BrNO7. The first-order valence-electron chi connectivity index (χ1n) is 12.7. The molecule has 2 aliphatic rings. The zero-order valence-corrected chi connectivity index (χ0v) is 23.0. The molecule has 1 heterocycles. The average Bonchev–Trinajstić information content (AvgIpc) is 3.22. The Morgan fingerprint density at radius 2 is 1.55 bits per heavy atom. The molecular weight excluding hydrogens is 578 g/mol. The number of hydrogen-bond donors (Lipinski definition) is 0. The normalized spacial score (nSPS) is 19.8. The Kier molecular flexibility index (Phi) is 7.75. The predicted molar refractivity (Wildman–Crippen MR) is 149 cm³/mol. The molecule has 2 amide bonds. The van der Waals surface area contributed by atoms with Crippen molar-refractivity contribution in [3.8, 4) is 5.75 Å². The number of amides is 2. The van der Waals surface area contributed by atoms with Gasteiger partial charge in [0.25, 0.3) is 0 Å². The number of benzene rings is 3. The Bertz CT molecular complexity index is 1530. The second kappa shape index (κ2) is 11.4. The van der Waals surface area contributed by atoms with Crippen molar-refractivity contribution in [2.45, 2.75) is 13.3 Å². The van der Waals surface area contributed by atoms with Gasteiger partial charge in [-0.15, -0.1) is 0 Å². The van der Waals surface area contributed by atoms with Crippen LogP contribution in [0.1, 0.15) is 44.4 Å². The fraction of sp³-hybridized carbons (Fsp3) is 0.194. The molecule has 3 unspecified atom stereocenters. The summed E-state index contributed by atoms with van der Waals surface area (Å²) in [7, 11) is 0. The average molecular weight is 602 g/mol. The molecule has 202 valence electrons. The minimum atomic E-state index is -0.828. The van der Waals surface area contributed by atoms with Gasteiger partial charge in [0.1, 0.15) is 5.75 Å². The second-order valence-electron chi connectivity index (χ2n) is 9.60. The molecule has 0 N–H and O–H groups in total. The Morgan fingerprint density at radius 3 is 2.25 bits per heavy atom. The number of hydrogen-bond acceptors (Lipinski definition) is 7. The SMILES string of the molecule is CC1C=CCC2C(=O)N(c3ccccc3C(=O)OCC(=O)c3ccc(OC(=O)c4ccc(Br)cc4)cc3)C(=O)C12. The topological polar surface area (TPSA) is 107 Å². The van der Waals surface area contributed by atoms with Crippen LogP contribution in [-0.2, 0) is 14.3 Å². The van der Waals surface area contributed by atoms with Crippen LogP contribution in [0, 0.1) is 17.8 Å². The van der Waals surface area contributed by atoms with E-state index in [1.54, 1.807) is 36.4 Å². The third-order valence-electron chi connectivity index (χ3n) is 7.04. The van der Waals surface area contributed by atoms with Crippen LogP contribution in [0.4, 0.5) is 5.69 Å². The highest BCUT2D eigenvalue weighted by molar-refractivity contribution is 9.10. The lowest BCUT2D eigenvalue weighted by Gasteiger charge is -2.22. The van der Waals surface area contributed by atoms with Gasteiger partial charge in [0.05, 0.1) is 28.7 Å².